The molecule has 66 valence electrons. The number of aliphatic hydroxyl groups is 1. The van der Waals surface area contributed by atoms with Crippen LogP contribution in [-0.4, -0.2) is 10.7 Å². The van der Waals surface area contributed by atoms with E-state index in [2.05, 4.69) is 20.4 Å². The maximum Gasteiger partial charge on any atom is 0.0851 e. The summed E-state index contributed by atoms with van der Waals surface area (Å²) in [5, 5.41) is 9.99. The average Bonchev–Trinajstić information content (AvgIpc) is 1.88. The van der Waals surface area contributed by atoms with Crippen molar-refractivity contribution in [1.29, 1.82) is 0 Å². The Labute approximate surface area is 70.1 Å². The van der Waals surface area contributed by atoms with E-state index >= 15 is 0 Å². The quantitative estimate of drug-likeness (QED) is 0.607. The van der Waals surface area contributed by atoms with Crippen LogP contribution in [0.2, 0.25) is 0 Å². The van der Waals surface area contributed by atoms with Crippen LogP contribution in [0.3, 0.4) is 0 Å². The zero-order valence-electron chi connectivity index (χ0n) is 7.98. The Bertz CT molecular complexity index is 121. The molecule has 0 aliphatic carbocycles. The van der Waals surface area contributed by atoms with Gasteiger partial charge in [0.25, 0.3) is 0 Å². The van der Waals surface area contributed by atoms with E-state index in [0.717, 1.165) is 31.3 Å². The standard InChI is InChI=1S/C10H20O/c1-5-7-10(11,8-6-2)9(3)4/h11H,3,5-8H2,1-2,4H3. The lowest BCUT2D eigenvalue weighted by Gasteiger charge is -2.27. The summed E-state index contributed by atoms with van der Waals surface area (Å²) in [5.41, 5.74) is 0.310. The van der Waals surface area contributed by atoms with Crippen LogP contribution in [0, 0.1) is 0 Å². The Morgan fingerprint density at radius 1 is 1.27 bits per heavy atom. The summed E-state index contributed by atoms with van der Waals surface area (Å²) < 4.78 is 0. The van der Waals surface area contributed by atoms with Gasteiger partial charge in [0.1, 0.15) is 0 Å². The smallest absolute Gasteiger partial charge is 0.0851 e. The third-order valence-electron chi connectivity index (χ3n) is 2.12. The molecule has 0 aromatic carbocycles. The fourth-order valence-corrected chi connectivity index (χ4v) is 1.38. The Kier molecular flexibility index (Phi) is 4.43. The van der Waals surface area contributed by atoms with Crippen molar-refractivity contribution in [3.63, 3.8) is 0 Å². The molecule has 0 unspecified atom stereocenters. The van der Waals surface area contributed by atoms with Gasteiger partial charge in [0, 0.05) is 0 Å². The van der Waals surface area contributed by atoms with Crippen LogP contribution < -0.4 is 0 Å². The summed E-state index contributed by atoms with van der Waals surface area (Å²) >= 11 is 0. The molecular formula is C10H20O. The summed E-state index contributed by atoms with van der Waals surface area (Å²) in [6.07, 6.45) is 3.72. The molecule has 1 nitrogen and oxygen atoms in total. The van der Waals surface area contributed by atoms with Gasteiger partial charge in [-0.1, -0.05) is 33.3 Å². The summed E-state index contributed by atoms with van der Waals surface area (Å²) in [6.45, 7) is 9.90. The highest BCUT2D eigenvalue weighted by Crippen LogP contribution is 2.26. The summed E-state index contributed by atoms with van der Waals surface area (Å²) in [6, 6.07) is 0. The maximum atomic E-state index is 9.99. The van der Waals surface area contributed by atoms with Crippen molar-refractivity contribution >= 4 is 0 Å². The molecule has 0 aromatic rings. The first kappa shape index (κ1) is 10.7. The normalized spacial score (nSPS) is 11.6. The van der Waals surface area contributed by atoms with Crippen molar-refractivity contribution in [3.8, 4) is 0 Å². The number of rotatable bonds is 5. The largest absolute Gasteiger partial charge is 0.386 e. The van der Waals surface area contributed by atoms with E-state index in [0.29, 0.717) is 0 Å². The molecule has 0 radical (unpaired) electrons. The van der Waals surface area contributed by atoms with Gasteiger partial charge in [-0.3, -0.25) is 0 Å². The molecule has 0 saturated carbocycles. The second-order valence-electron chi connectivity index (χ2n) is 3.31. The van der Waals surface area contributed by atoms with Crippen molar-refractivity contribution in [2.45, 2.75) is 52.1 Å². The topological polar surface area (TPSA) is 20.2 Å². The first-order chi connectivity index (χ1) is 5.06. The van der Waals surface area contributed by atoms with Gasteiger partial charge in [0.15, 0.2) is 0 Å². The van der Waals surface area contributed by atoms with Gasteiger partial charge >= 0.3 is 0 Å². The lowest BCUT2D eigenvalue weighted by atomic mass is 9.87. The molecule has 0 spiro atoms. The molecule has 0 aromatic heterocycles. The van der Waals surface area contributed by atoms with E-state index in [1.165, 1.54) is 0 Å². The van der Waals surface area contributed by atoms with Crippen LogP contribution in [-0.2, 0) is 0 Å². The molecule has 0 heterocycles. The highest BCUT2D eigenvalue weighted by molar-refractivity contribution is 5.08. The monoisotopic (exact) mass is 156 g/mol. The molecule has 11 heavy (non-hydrogen) atoms. The van der Waals surface area contributed by atoms with Crippen LogP contribution in [0.4, 0.5) is 0 Å². The second kappa shape index (κ2) is 4.55. The van der Waals surface area contributed by atoms with Crippen LogP contribution in [0.15, 0.2) is 12.2 Å². The summed E-state index contributed by atoms with van der Waals surface area (Å²) in [7, 11) is 0. The second-order valence-corrected chi connectivity index (χ2v) is 3.31. The van der Waals surface area contributed by atoms with Crippen molar-refractivity contribution in [2.75, 3.05) is 0 Å². The van der Waals surface area contributed by atoms with Crippen LogP contribution in [0.1, 0.15) is 46.5 Å². The van der Waals surface area contributed by atoms with E-state index in [-0.39, 0.29) is 0 Å². The fraction of sp³-hybridized carbons (Fsp3) is 0.800. The molecule has 0 bridgehead atoms. The van der Waals surface area contributed by atoms with Crippen LogP contribution >= 0.6 is 0 Å². The van der Waals surface area contributed by atoms with Crippen molar-refractivity contribution in [1.82, 2.24) is 0 Å². The number of hydrogen-bond acceptors (Lipinski definition) is 1. The zero-order valence-corrected chi connectivity index (χ0v) is 7.98. The molecule has 0 saturated heterocycles. The Morgan fingerprint density at radius 3 is 1.82 bits per heavy atom. The third kappa shape index (κ3) is 3.06. The van der Waals surface area contributed by atoms with E-state index in [1.54, 1.807) is 0 Å². The van der Waals surface area contributed by atoms with Gasteiger partial charge in [0.05, 0.1) is 5.60 Å². The number of hydrogen-bond donors (Lipinski definition) is 1. The van der Waals surface area contributed by atoms with E-state index in [9.17, 15) is 5.11 Å². The Hall–Kier alpha value is -0.300. The van der Waals surface area contributed by atoms with Crippen LogP contribution in [0.5, 0.6) is 0 Å². The molecular weight excluding hydrogens is 136 g/mol. The van der Waals surface area contributed by atoms with Gasteiger partial charge in [-0.25, -0.2) is 0 Å². The predicted octanol–water partition coefficient (Wildman–Crippen LogP) is 2.89. The molecule has 0 aliphatic rings. The van der Waals surface area contributed by atoms with E-state index < -0.39 is 5.60 Å². The highest BCUT2D eigenvalue weighted by atomic mass is 16.3. The molecule has 1 N–H and O–H groups in total. The fourth-order valence-electron chi connectivity index (χ4n) is 1.38. The van der Waals surface area contributed by atoms with Gasteiger partial charge < -0.3 is 5.11 Å². The zero-order chi connectivity index (χ0) is 8.91. The van der Waals surface area contributed by atoms with E-state index in [1.807, 2.05) is 6.92 Å². The molecule has 0 atom stereocenters. The Morgan fingerprint density at radius 2 is 1.64 bits per heavy atom. The van der Waals surface area contributed by atoms with Gasteiger partial charge in [0.2, 0.25) is 0 Å². The van der Waals surface area contributed by atoms with Gasteiger partial charge in [-0.05, 0) is 25.3 Å². The molecule has 0 rings (SSSR count). The molecule has 0 aliphatic heterocycles. The SMILES string of the molecule is C=C(C)C(O)(CCC)CCC. The van der Waals surface area contributed by atoms with Crippen molar-refractivity contribution < 1.29 is 5.11 Å². The summed E-state index contributed by atoms with van der Waals surface area (Å²) in [5.74, 6) is 0. The predicted molar refractivity (Wildman–Crippen MR) is 49.6 cm³/mol. The minimum Gasteiger partial charge on any atom is -0.386 e. The van der Waals surface area contributed by atoms with Crippen molar-refractivity contribution in [3.05, 3.63) is 12.2 Å². The first-order valence-electron chi connectivity index (χ1n) is 4.45. The van der Waals surface area contributed by atoms with Crippen molar-refractivity contribution in [2.24, 2.45) is 0 Å². The lowest BCUT2D eigenvalue weighted by Crippen LogP contribution is -2.29. The van der Waals surface area contributed by atoms with Crippen LogP contribution in [0.25, 0.3) is 0 Å². The minimum atomic E-state index is -0.594. The highest BCUT2D eigenvalue weighted by Gasteiger charge is 2.24. The lowest BCUT2D eigenvalue weighted by molar-refractivity contribution is 0.0588. The summed E-state index contributed by atoms with van der Waals surface area (Å²) in [4.78, 5) is 0. The first-order valence-corrected chi connectivity index (χ1v) is 4.45. The minimum absolute atomic E-state index is 0.594. The molecule has 1 heteroatoms. The van der Waals surface area contributed by atoms with Gasteiger partial charge in [-0.15, -0.1) is 0 Å². The molecule has 0 fully saturated rings. The average molecular weight is 156 g/mol. The third-order valence-corrected chi connectivity index (χ3v) is 2.12. The van der Waals surface area contributed by atoms with E-state index in [4.69, 9.17) is 0 Å². The maximum absolute atomic E-state index is 9.99. The van der Waals surface area contributed by atoms with Gasteiger partial charge in [-0.2, -0.15) is 0 Å². The molecule has 0 amide bonds. The Balaban J connectivity index is 4.13.